The molecule has 6 heteroatoms. The van der Waals surface area contributed by atoms with Crippen molar-refractivity contribution in [3.8, 4) is 5.75 Å². The maximum Gasteiger partial charge on any atom is 0.239 e. The van der Waals surface area contributed by atoms with Crippen molar-refractivity contribution in [1.82, 2.24) is 14.7 Å². The average molecular weight is 370 g/mol. The van der Waals surface area contributed by atoms with Gasteiger partial charge in [-0.3, -0.25) is 9.69 Å². The minimum Gasteiger partial charge on any atom is -0.492 e. The van der Waals surface area contributed by atoms with Crippen molar-refractivity contribution in [2.24, 2.45) is 0 Å². The molecule has 1 N–H and O–H groups in total. The molecule has 1 aromatic carbocycles. The number of hydrogen-bond donors (Lipinski definition) is 1. The van der Waals surface area contributed by atoms with Crippen molar-refractivity contribution in [1.29, 1.82) is 0 Å². The van der Waals surface area contributed by atoms with E-state index in [-0.39, 0.29) is 5.91 Å². The maximum atomic E-state index is 12.4. The number of nitrogens with one attached hydrogen (secondary N) is 1. The van der Waals surface area contributed by atoms with E-state index in [2.05, 4.69) is 30.3 Å². The summed E-state index contributed by atoms with van der Waals surface area (Å²) in [7, 11) is 1.93. The molecule has 0 spiro atoms. The Labute approximate surface area is 161 Å². The molecule has 27 heavy (non-hydrogen) atoms. The lowest BCUT2D eigenvalue weighted by atomic mass is 10.1. The standard InChI is InChI=1S/C21H30N4O2/c1-16-12-17(2)14-19(13-16)27-11-10-24(3)15-21(26)23-20-8-9-22-25(20)18-6-4-5-7-18/h8-9,12-14,18H,4-7,10-11,15H2,1-3H3,(H,23,26). The van der Waals surface area contributed by atoms with Crippen molar-refractivity contribution in [3.63, 3.8) is 0 Å². The molecule has 2 aromatic rings. The predicted molar refractivity (Wildman–Crippen MR) is 107 cm³/mol. The van der Waals surface area contributed by atoms with E-state index in [9.17, 15) is 4.79 Å². The number of amides is 1. The number of rotatable bonds is 8. The molecule has 0 atom stereocenters. The molecule has 1 aromatic heterocycles. The van der Waals surface area contributed by atoms with E-state index >= 15 is 0 Å². The summed E-state index contributed by atoms with van der Waals surface area (Å²) in [6.07, 6.45) is 6.51. The fourth-order valence-corrected chi connectivity index (χ4v) is 3.70. The van der Waals surface area contributed by atoms with Crippen molar-refractivity contribution < 1.29 is 9.53 Å². The lowest BCUT2D eigenvalue weighted by Crippen LogP contribution is -2.33. The summed E-state index contributed by atoms with van der Waals surface area (Å²) in [6, 6.07) is 8.48. The number of ether oxygens (including phenoxy) is 1. The summed E-state index contributed by atoms with van der Waals surface area (Å²) in [5.74, 6) is 1.65. The first-order valence-corrected chi connectivity index (χ1v) is 9.74. The molecule has 1 aliphatic rings. The number of aryl methyl sites for hydroxylation is 2. The summed E-state index contributed by atoms with van der Waals surface area (Å²) < 4.78 is 7.79. The van der Waals surface area contributed by atoms with Crippen molar-refractivity contribution in [2.45, 2.75) is 45.6 Å². The molecule has 1 saturated carbocycles. The third-order valence-corrected chi connectivity index (χ3v) is 4.96. The second kappa shape index (κ2) is 9.04. The Morgan fingerprint density at radius 1 is 1.26 bits per heavy atom. The van der Waals surface area contributed by atoms with Crippen LogP contribution in [0.2, 0.25) is 0 Å². The highest BCUT2D eigenvalue weighted by Crippen LogP contribution is 2.31. The van der Waals surface area contributed by atoms with E-state index in [4.69, 9.17) is 4.74 Å². The Hall–Kier alpha value is -2.34. The van der Waals surface area contributed by atoms with Gasteiger partial charge in [0, 0.05) is 12.6 Å². The van der Waals surface area contributed by atoms with Crippen LogP contribution in [0.25, 0.3) is 0 Å². The topological polar surface area (TPSA) is 59.4 Å². The molecule has 0 aliphatic heterocycles. The van der Waals surface area contributed by atoms with Gasteiger partial charge in [-0.25, -0.2) is 4.68 Å². The molecule has 1 heterocycles. The molecule has 1 fully saturated rings. The fourth-order valence-electron chi connectivity index (χ4n) is 3.70. The van der Waals surface area contributed by atoms with Crippen LogP contribution < -0.4 is 10.1 Å². The monoisotopic (exact) mass is 370 g/mol. The van der Waals surface area contributed by atoms with E-state index in [1.54, 1.807) is 6.20 Å². The molecule has 3 rings (SSSR count). The molecule has 1 aliphatic carbocycles. The Kier molecular flexibility index (Phi) is 6.50. The van der Waals surface area contributed by atoms with Gasteiger partial charge in [-0.15, -0.1) is 0 Å². The molecule has 6 nitrogen and oxygen atoms in total. The van der Waals surface area contributed by atoms with Crippen LogP contribution in [-0.4, -0.2) is 47.3 Å². The third-order valence-electron chi connectivity index (χ3n) is 4.96. The van der Waals surface area contributed by atoms with Gasteiger partial charge in [0.05, 0.1) is 18.8 Å². The van der Waals surface area contributed by atoms with Crippen molar-refractivity contribution in [3.05, 3.63) is 41.6 Å². The summed E-state index contributed by atoms with van der Waals surface area (Å²) in [4.78, 5) is 14.3. The Morgan fingerprint density at radius 3 is 2.67 bits per heavy atom. The number of carbonyl (C=O) groups is 1. The average Bonchev–Trinajstić information content (AvgIpc) is 3.24. The highest BCUT2D eigenvalue weighted by molar-refractivity contribution is 5.91. The largest absolute Gasteiger partial charge is 0.492 e. The van der Waals surface area contributed by atoms with Crippen LogP contribution in [0.15, 0.2) is 30.5 Å². The van der Waals surface area contributed by atoms with Gasteiger partial charge in [-0.05, 0) is 57.0 Å². The quantitative estimate of drug-likeness (QED) is 0.772. The zero-order valence-corrected chi connectivity index (χ0v) is 16.6. The smallest absolute Gasteiger partial charge is 0.239 e. The Bertz CT molecular complexity index is 745. The van der Waals surface area contributed by atoms with Crippen LogP contribution in [0.1, 0.15) is 42.9 Å². The SMILES string of the molecule is Cc1cc(C)cc(OCCN(C)CC(=O)Nc2ccnn2C2CCCC2)c1. The lowest BCUT2D eigenvalue weighted by molar-refractivity contribution is -0.117. The van der Waals surface area contributed by atoms with Gasteiger partial charge < -0.3 is 10.1 Å². The number of aromatic nitrogens is 2. The number of hydrogen-bond acceptors (Lipinski definition) is 4. The van der Waals surface area contributed by atoms with Crippen LogP contribution in [0.4, 0.5) is 5.82 Å². The van der Waals surface area contributed by atoms with Crippen LogP contribution in [-0.2, 0) is 4.79 Å². The number of benzene rings is 1. The van der Waals surface area contributed by atoms with Gasteiger partial charge >= 0.3 is 0 Å². The molecule has 0 bridgehead atoms. The minimum atomic E-state index is -0.0244. The van der Waals surface area contributed by atoms with E-state index in [0.29, 0.717) is 25.7 Å². The van der Waals surface area contributed by atoms with Gasteiger partial charge in [0.15, 0.2) is 0 Å². The second-order valence-corrected chi connectivity index (χ2v) is 7.56. The molecule has 146 valence electrons. The Morgan fingerprint density at radius 2 is 1.96 bits per heavy atom. The number of carbonyl (C=O) groups excluding carboxylic acids is 1. The molecule has 0 saturated heterocycles. The van der Waals surface area contributed by atoms with E-state index in [1.807, 2.05) is 34.8 Å². The van der Waals surface area contributed by atoms with Gasteiger partial charge in [0.2, 0.25) is 5.91 Å². The van der Waals surface area contributed by atoms with Crippen LogP contribution >= 0.6 is 0 Å². The molecule has 0 unspecified atom stereocenters. The number of likely N-dealkylation sites (N-methyl/N-ethyl adjacent to an activating group) is 1. The van der Waals surface area contributed by atoms with Crippen molar-refractivity contribution >= 4 is 11.7 Å². The summed E-state index contributed by atoms with van der Waals surface area (Å²) in [5, 5.41) is 7.40. The van der Waals surface area contributed by atoms with E-state index < -0.39 is 0 Å². The van der Waals surface area contributed by atoms with Gasteiger partial charge in [0.1, 0.15) is 18.2 Å². The molecular weight excluding hydrogens is 340 g/mol. The zero-order chi connectivity index (χ0) is 19.2. The van der Waals surface area contributed by atoms with Crippen LogP contribution in [0.5, 0.6) is 5.75 Å². The van der Waals surface area contributed by atoms with Gasteiger partial charge in [-0.1, -0.05) is 18.9 Å². The number of nitrogens with zero attached hydrogens (tertiary/aromatic N) is 3. The maximum absolute atomic E-state index is 12.4. The van der Waals surface area contributed by atoms with Gasteiger partial charge in [0.25, 0.3) is 0 Å². The predicted octanol–water partition coefficient (Wildman–Crippen LogP) is 3.56. The summed E-state index contributed by atoms with van der Waals surface area (Å²) in [6.45, 7) is 5.68. The zero-order valence-electron chi connectivity index (χ0n) is 16.6. The first-order valence-electron chi connectivity index (χ1n) is 9.74. The molecule has 1 amide bonds. The Balaban J connectivity index is 1.43. The number of anilines is 1. The highest BCUT2D eigenvalue weighted by atomic mass is 16.5. The second-order valence-electron chi connectivity index (χ2n) is 7.56. The molecule has 0 radical (unpaired) electrons. The summed E-state index contributed by atoms with van der Waals surface area (Å²) in [5.41, 5.74) is 2.38. The van der Waals surface area contributed by atoms with E-state index in [0.717, 1.165) is 24.4 Å². The van der Waals surface area contributed by atoms with Crippen LogP contribution in [0, 0.1) is 13.8 Å². The first-order chi connectivity index (χ1) is 13.0. The van der Waals surface area contributed by atoms with Crippen LogP contribution in [0.3, 0.4) is 0 Å². The summed E-state index contributed by atoms with van der Waals surface area (Å²) >= 11 is 0. The fraction of sp³-hybridized carbons (Fsp3) is 0.524. The highest BCUT2D eigenvalue weighted by Gasteiger charge is 2.20. The minimum absolute atomic E-state index is 0.0244. The first kappa shape index (κ1) is 19.4. The molecular formula is C21H30N4O2. The van der Waals surface area contributed by atoms with E-state index in [1.165, 1.54) is 24.0 Å². The normalized spacial score (nSPS) is 14.7. The third kappa shape index (κ3) is 5.57. The van der Waals surface area contributed by atoms with Gasteiger partial charge in [-0.2, -0.15) is 5.10 Å². The lowest BCUT2D eigenvalue weighted by Gasteiger charge is -2.18. The van der Waals surface area contributed by atoms with Crippen molar-refractivity contribution in [2.75, 3.05) is 32.1 Å².